The second-order valence-electron chi connectivity index (χ2n) is 9.28. The number of halogens is 2. The van der Waals surface area contributed by atoms with E-state index in [1.54, 1.807) is 11.0 Å². The topological polar surface area (TPSA) is 89.5 Å². The number of ether oxygens (including phenoxy) is 1. The number of likely N-dealkylation sites (N-methyl/N-ethyl adjacent to an activating group) is 1. The minimum Gasteiger partial charge on any atom is -0.489 e. The second-order valence-corrected chi connectivity index (χ2v) is 10.1. The van der Waals surface area contributed by atoms with Crippen molar-refractivity contribution < 1.29 is 19.4 Å². The van der Waals surface area contributed by atoms with Crippen LogP contribution in [0.3, 0.4) is 0 Å². The van der Waals surface area contributed by atoms with E-state index in [2.05, 4.69) is 23.8 Å². The molecule has 2 fully saturated rings. The minimum atomic E-state index is -1.01. The number of carbonyl (C=O) groups is 2. The molecule has 2 aromatic rings. The van der Waals surface area contributed by atoms with Crippen molar-refractivity contribution in [2.75, 3.05) is 57.8 Å². The number of pyridine rings is 1. The van der Waals surface area contributed by atoms with Crippen molar-refractivity contribution in [3.8, 4) is 17.0 Å². The molecule has 3 aliphatic heterocycles. The van der Waals surface area contributed by atoms with E-state index in [1.807, 2.05) is 18.2 Å². The van der Waals surface area contributed by atoms with E-state index in [0.717, 1.165) is 13.1 Å². The third-order valence-electron chi connectivity index (χ3n) is 6.96. The summed E-state index contributed by atoms with van der Waals surface area (Å²) in [5.74, 6) is 0.555. The first-order valence-electron chi connectivity index (χ1n) is 11.6. The number of fused-ring (bicyclic) bond motifs is 2. The van der Waals surface area contributed by atoms with Crippen LogP contribution in [-0.4, -0.2) is 102 Å². The summed E-state index contributed by atoms with van der Waals surface area (Å²) in [6.45, 7) is 5.25. The molecule has 0 saturated carbocycles. The molecule has 35 heavy (non-hydrogen) atoms. The Balaban J connectivity index is 1.66. The molecule has 2 amide bonds. The lowest BCUT2D eigenvalue weighted by atomic mass is 10.0. The summed E-state index contributed by atoms with van der Waals surface area (Å²) in [5.41, 5.74) is 1.44. The molecule has 0 unspecified atom stereocenters. The Hall–Kier alpha value is -2.75. The van der Waals surface area contributed by atoms with Crippen LogP contribution < -0.4 is 9.64 Å². The van der Waals surface area contributed by atoms with Crippen LogP contribution in [0.5, 0.6) is 5.75 Å². The van der Waals surface area contributed by atoms with Crippen LogP contribution >= 0.6 is 23.2 Å². The van der Waals surface area contributed by atoms with Crippen LogP contribution in [-0.2, 0) is 0 Å². The van der Waals surface area contributed by atoms with Crippen molar-refractivity contribution >= 4 is 41.0 Å². The molecule has 5 rings (SSSR count). The number of amides is 2. The number of aromatic nitrogens is 1. The lowest BCUT2D eigenvalue weighted by Gasteiger charge is -2.41. The third kappa shape index (κ3) is 4.26. The summed E-state index contributed by atoms with van der Waals surface area (Å²) in [6.07, 6.45) is -1.01. The predicted octanol–water partition coefficient (Wildman–Crippen LogP) is 3.39. The lowest BCUT2D eigenvalue weighted by molar-refractivity contribution is 0.0390. The van der Waals surface area contributed by atoms with Crippen LogP contribution in [0.15, 0.2) is 24.3 Å². The number of anilines is 1. The molecule has 1 aromatic heterocycles. The first-order valence-corrected chi connectivity index (χ1v) is 12.4. The SMILES string of the molecule is C[C@H]1CN(C)CCN1c1nc(-c2ccccc2Cl)c(Cl)c2c1C(=O)N1CCN(C(=O)O)C[C@@H]1CO2. The fourth-order valence-electron chi connectivity index (χ4n) is 5.11. The van der Waals surface area contributed by atoms with Gasteiger partial charge in [-0.3, -0.25) is 4.79 Å². The Labute approximate surface area is 213 Å². The summed E-state index contributed by atoms with van der Waals surface area (Å²) < 4.78 is 6.20. The predicted molar refractivity (Wildman–Crippen MR) is 134 cm³/mol. The number of benzene rings is 1. The Bertz CT molecular complexity index is 1180. The van der Waals surface area contributed by atoms with Crippen molar-refractivity contribution in [3.05, 3.63) is 39.9 Å². The fourth-order valence-corrected chi connectivity index (χ4v) is 5.63. The van der Waals surface area contributed by atoms with E-state index < -0.39 is 12.1 Å². The Morgan fingerprint density at radius 3 is 2.57 bits per heavy atom. The molecular weight excluding hydrogens is 493 g/mol. The highest BCUT2D eigenvalue weighted by atomic mass is 35.5. The van der Waals surface area contributed by atoms with Crippen LogP contribution in [0.4, 0.5) is 10.6 Å². The van der Waals surface area contributed by atoms with Gasteiger partial charge in [-0.25, -0.2) is 9.78 Å². The smallest absolute Gasteiger partial charge is 0.407 e. The molecule has 0 spiro atoms. The van der Waals surface area contributed by atoms with Crippen LogP contribution in [0, 0.1) is 0 Å². The minimum absolute atomic E-state index is 0.0985. The largest absolute Gasteiger partial charge is 0.489 e. The molecule has 1 N–H and O–H groups in total. The molecule has 186 valence electrons. The van der Waals surface area contributed by atoms with Crippen LogP contribution in [0.2, 0.25) is 10.0 Å². The zero-order valence-electron chi connectivity index (χ0n) is 19.6. The molecule has 2 saturated heterocycles. The third-order valence-corrected chi connectivity index (χ3v) is 7.64. The van der Waals surface area contributed by atoms with Gasteiger partial charge >= 0.3 is 6.09 Å². The average Bonchev–Trinajstić information content (AvgIpc) is 2.97. The molecule has 4 heterocycles. The molecule has 0 aliphatic carbocycles. The first-order chi connectivity index (χ1) is 16.8. The van der Waals surface area contributed by atoms with Gasteiger partial charge in [-0.1, -0.05) is 41.4 Å². The van der Waals surface area contributed by atoms with Gasteiger partial charge in [-0.15, -0.1) is 0 Å². The van der Waals surface area contributed by atoms with Crippen molar-refractivity contribution in [3.63, 3.8) is 0 Å². The molecule has 1 aromatic carbocycles. The molecule has 0 bridgehead atoms. The number of nitrogens with zero attached hydrogens (tertiary/aromatic N) is 5. The summed E-state index contributed by atoms with van der Waals surface area (Å²) in [5, 5.41) is 10.2. The maximum atomic E-state index is 14.0. The number of hydrogen-bond acceptors (Lipinski definition) is 6. The van der Waals surface area contributed by atoms with Crippen molar-refractivity contribution in [1.82, 2.24) is 19.7 Å². The average molecular weight is 520 g/mol. The van der Waals surface area contributed by atoms with Gasteiger partial charge in [0.05, 0.1) is 16.8 Å². The highest BCUT2D eigenvalue weighted by Crippen LogP contribution is 2.45. The van der Waals surface area contributed by atoms with Crippen molar-refractivity contribution in [2.45, 2.75) is 19.0 Å². The van der Waals surface area contributed by atoms with E-state index in [4.69, 9.17) is 32.9 Å². The zero-order valence-corrected chi connectivity index (χ0v) is 21.1. The van der Waals surface area contributed by atoms with Gasteiger partial charge in [0.1, 0.15) is 23.0 Å². The summed E-state index contributed by atoms with van der Waals surface area (Å²) >= 11 is 13.4. The normalized spacial score (nSPS) is 22.9. The van der Waals surface area contributed by atoms with E-state index in [1.165, 1.54) is 4.90 Å². The molecular formula is C24H27Cl2N5O4. The summed E-state index contributed by atoms with van der Waals surface area (Å²) in [6, 6.07) is 6.98. The fraction of sp³-hybridized carbons (Fsp3) is 0.458. The first kappa shape index (κ1) is 24.0. The number of rotatable bonds is 2. The van der Waals surface area contributed by atoms with Gasteiger partial charge in [0.25, 0.3) is 5.91 Å². The number of carbonyl (C=O) groups excluding carboxylic acids is 1. The van der Waals surface area contributed by atoms with Gasteiger partial charge in [0.15, 0.2) is 5.75 Å². The zero-order chi connectivity index (χ0) is 24.9. The van der Waals surface area contributed by atoms with E-state index >= 15 is 0 Å². The maximum absolute atomic E-state index is 14.0. The van der Waals surface area contributed by atoms with Gasteiger partial charge in [-0.2, -0.15) is 0 Å². The van der Waals surface area contributed by atoms with Crippen molar-refractivity contribution in [1.29, 1.82) is 0 Å². The molecule has 9 nitrogen and oxygen atoms in total. The Morgan fingerprint density at radius 2 is 1.86 bits per heavy atom. The van der Waals surface area contributed by atoms with Gasteiger partial charge in [0, 0.05) is 50.9 Å². The van der Waals surface area contributed by atoms with E-state index in [-0.39, 0.29) is 49.0 Å². The number of carboxylic acid groups (broad SMARTS) is 1. The van der Waals surface area contributed by atoms with Crippen molar-refractivity contribution in [2.24, 2.45) is 0 Å². The highest BCUT2D eigenvalue weighted by Gasteiger charge is 2.41. The van der Waals surface area contributed by atoms with Gasteiger partial charge in [-0.05, 0) is 20.0 Å². The van der Waals surface area contributed by atoms with E-state index in [0.29, 0.717) is 34.2 Å². The second kappa shape index (κ2) is 9.37. The molecule has 0 radical (unpaired) electrons. The standard InChI is InChI=1S/C24H27Cl2N5O4/c1-14-11-28(2)7-9-30(14)22-18-21(19(26)20(27-22)16-5-3-4-6-17(16)25)35-13-15-12-29(24(33)34)8-10-31(15)23(18)32/h3-6,14-15H,7-13H2,1-2H3,(H,33,34)/t14-,15+/m0/s1. The monoisotopic (exact) mass is 519 g/mol. The lowest BCUT2D eigenvalue weighted by Crippen LogP contribution is -2.57. The van der Waals surface area contributed by atoms with Crippen LogP contribution in [0.1, 0.15) is 17.3 Å². The number of piperazine rings is 2. The molecule has 11 heteroatoms. The Kier molecular flexibility index (Phi) is 6.41. The van der Waals surface area contributed by atoms with E-state index in [9.17, 15) is 14.7 Å². The summed E-state index contributed by atoms with van der Waals surface area (Å²) in [7, 11) is 2.07. The quantitative estimate of drug-likeness (QED) is 0.650. The Morgan fingerprint density at radius 1 is 1.11 bits per heavy atom. The highest BCUT2D eigenvalue weighted by molar-refractivity contribution is 6.37. The van der Waals surface area contributed by atoms with Crippen LogP contribution in [0.25, 0.3) is 11.3 Å². The summed E-state index contributed by atoms with van der Waals surface area (Å²) in [4.78, 5) is 37.8. The maximum Gasteiger partial charge on any atom is 0.407 e. The molecule has 2 atom stereocenters. The number of hydrogen-bond donors (Lipinski definition) is 1. The van der Waals surface area contributed by atoms with Gasteiger partial charge < -0.3 is 29.4 Å². The van der Waals surface area contributed by atoms with Gasteiger partial charge in [0.2, 0.25) is 0 Å². The molecule has 3 aliphatic rings.